The number of rotatable bonds is 3. The lowest BCUT2D eigenvalue weighted by Gasteiger charge is -2.09. The summed E-state index contributed by atoms with van der Waals surface area (Å²) < 4.78 is 5.08. The fraction of sp³-hybridized carbons (Fsp3) is 0.0909. The van der Waals surface area contributed by atoms with Gasteiger partial charge in [-0.3, -0.25) is 0 Å². The van der Waals surface area contributed by atoms with Gasteiger partial charge in [0.15, 0.2) is 0 Å². The van der Waals surface area contributed by atoms with Gasteiger partial charge in [-0.1, -0.05) is 0 Å². The molecule has 0 radical (unpaired) electrons. The number of phenolic OH excluding ortho intramolecular Hbond substituents is 3. The van der Waals surface area contributed by atoms with E-state index in [4.69, 9.17) is 9.52 Å². The van der Waals surface area contributed by atoms with Crippen molar-refractivity contribution in [2.24, 2.45) is 0 Å². The number of furan rings is 1. The first-order valence-corrected chi connectivity index (χ1v) is 4.68. The predicted octanol–water partition coefficient (Wildman–Crippen LogP) is 2.01. The highest BCUT2D eigenvalue weighted by Crippen LogP contribution is 2.37. The summed E-state index contributed by atoms with van der Waals surface area (Å²) in [5.41, 5.74) is 0.161. The van der Waals surface area contributed by atoms with Gasteiger partial charge in [0, 0.05) is 12.1 Å². The average Bonchev–Trinajstić information content (AvgIpc) is 2.68. The van der Waals surface area contributed by atoms with Crippen LogP contribution in [0.3, 0.4) is 0 Å². The van der Waals surface area contributed by atoms with Crippen LogP contribution >= 0.6 is 0 Å². The maximum Gasteiger partial charge on any atom is 0.146 e. The van der Waals surface area contributed by atoms with Crippen LogP contribution in [0.5, 0.6) is 17.2 Å². The van der Waals surface area contributed by atoms with Crippen LogP contribution in [0, 0.1) is 0 Å². The molecule has 1 heterocycles. The van der Waals surface area contributed by atoms with E-state index >= 15 is 0 Å². The number of phenols is 3. The molecule has 0 amide bonds. The molecule has 4 N–H and O–H groups in total. The third kappa shape index (κ3) is 2.03. The first-order chi connectivity index (χ1) is 7.66. The average molecular weight is 221 g/mol. The van der Waals surface area contributed by atoms with Crippen molar-refractivity contribution in [3.63, 3.8) is 0 Å². The van der Waals surface area contributed by atoms with Crippen molar-refractivity contribution in [2.75, 3.05) is 5.32 Å². The summed E-state index contributed by atoms with van der Waals surface area (Å²) in [6.45, 7) is 0.332. The van der Waals surface area contributed by atoms with Crippen molar-refractivity contribution in [3.8, 4) is 17.2 Å². The van der Waals surface area contributed by atoms with Gasteiger partial charge in [0.25, 0.3) is 0 Å². The lowest BCUT2D eigenvalue weighted by Crippen LogP contribution is -1.98. The summed E-state index contributed by atoms with van der Waals surface area (Å²) >= 11 is 0. The molecule has 0 aliphatic rings. The zero-order valence-corrected chi connectivity index (χ0v) is 8.34. The molecule has 0 bridgehead atoms. The van der Waals surface area contributed by atoms with Crippen LogP contribution in [0.15, 0.2) is 34.9 Å². The Morgan fingerprint density at radius 3 is 2.38 bits per heavy atom. The van der Waals surface area contributed by atoms with Gasteiger partial charge in [0.1, 0.15) is 28.7 Å². The standard InChI is InChI=1S/C11H11NO4/c13-7-4-9(14)11(10(15)5-7)12-6-8-2-1-3-16-8/h1-5,12-15H,6H2. The highest BCUT2D eigenvalue weighted by molar-refractivity contribution is 5.67. The van der Waals surface area contributed by atoms with Crippen molar-refractivity contribution in [3.05, 3.63) is 36.3 Å². The third-order valence-corrected chi connectivity index (χ3v) is 2.10. The van der Waals surface area contributed by atoms with E-state index in [-0.39, 0.29) is 22.9 Å². The Labute approximate surface area is 91.6 Å². The first kappa shape index (κ1) is 10.2. The summed E-state index contributed by atoms with van der Waals surface area (Å²) in [7, 11) is 0. The predicted molar refractivity (Wildman–Crippen MR) is 57.5 cm³/mol. The van der Waals surface area contributed by atoms with Gasteiger partial charge in [-0.2, -0.15) is 0 Å². The zero-order valence-electron chi connectivity index (χ0n) is 8.34. The van der Waals surface area contributed by atoms with Crippen LogP contribution in [0.25, 0.3) is 0 Å². The second-order valence-electron chi connectivity index (χ2n) is 3.29. The summed E-state index contributed by atoms with van der Waals surface area (Å²) in [5, 5.41) is 30.9. The van der Waals surface area contributed by atoms with Gasteiger partial charge in [-0.25, -0.2) is 0 Å². The largest absolute Gasteiger partial charge is 0.508 e. The molecule has 0 aliphatic heterocycles. The maximum absolute atomic E-state index is 9.49. The molecular weight excluding hydrogens is 210 g/mol. The van der Waals surface area contributed by atoms with Gasteiger partial charge in [0.05, 0.1) is 12.8 Å². The number of benzene rings is 1. The Bertz CT molecular complexity index is 456. The Morgan fingerprint density at radius 1 is 1.12 bits per heavy atom. The van der Waals surface area contributed by atoms with E-state index in [0.29, 0.717) is 12.3 Å². The molecule has 0 atom stereocenters. The molecule has 0 saturated heterocycles. The van der Waals surface area contributed by atoms with Crippen LogP contribution < -0.4 is 5.32 Å². The first-order valence-electron chi connectivity index (χ1n) is 4.68. The molecule has 0 unspecified atom stereocenters. The topological polar surface area (TPSA) is 85.9 Å². The van der Waals surface area contributed by atoms with Gasteiger partial charge in [0.2, 0.25) is 0 Å². The lowest BCUT2D eigenvalue weighted by molar-refractivity contribution is 0.430. The van der Waals surface area contributed by atoms with Crippen LogP contribution in [-0.2, 0) is 6.54 Å². The highest BCUT2D eigenvalue weighted by Gasteiger charge is 2.09. The Balaban J connectivity index is 2.15. The second kappa shape index (κ2) is 4.06. The van der Waals surface area contributed by atoms with E-state index in [1.165, 1.54) is 6.26 Å². The molecule has 5 heteroatoms. The van der Waals surface area contributed by atoms with Crippen LogP contribution in [-0.4, -0.2) is 15.3 Å². The SMILES string of the molecule is Oc1cc(O)c(NCc2ccco2)c(O)c1. The fourth-order valence-corrected chi connectivity index (χ4v) is 1.37. The molecule has 0 aliphatic carbocycles. The normalized spacial score (nSPS) is 10.2. The van der Waals surface area contributed by atoms with Crippen LogP contribution in [0.4, 0.5) is 5.69 Å². The van der Waals surface area contributed by atoms with Crippen molar-refractivity contribution >= 4 is 5.69 Å². The highest BCUT2D eigenvalue weighted by atomic mass is 16.3. The van der Waals surface area contributed by atoms with E-state index in [1.807, 2.05) is 0 Å². The Morgan fingerprint density at radius 2 is 1.81 bits per heavy atom. The summed E-state index contributed by atoms with van der Waals surface area (Å²) in [5.74, 6) is 0.0403. The van der Waals surface area contributed by atoms with Gasteiger partial charge in [-0.15, -0.1) is 0 Å². The Kier molecular flexibility index (Phi) is 2.59. The third-order valence-electron chi connectivity index (χ3n) is 2.10. The maximum atomic E-state index is 9.49. The number of aromatic hydroxyl groups is 3. The lowest BCUT2D eigenvalue weighted by atomic mass is 10.2. The van der Waals surface area contributed by atoms with E-state index in [1.54, 1.807) is 12.1 Å². The molecule has 5 nitrogen and oxygen atoms in total. The van der Waals surface area contributed by atoms with Crippen molar-refractivity contribution in [1.82, 2.24) is 0 Å². The minimum Gasteiger partial charge on any atom is -0.508 e. The fourth-order valence-electron chi connectivity index (χ4n) is 1.37. The quantitative estimate of drug-likeness (QED) is 0.470. The number of hydrogen-bond donors (Lipinski definition) is 4. The molecule has 16 heavy (non-hydrogen) atoms. The molecule has 0 saturated carbocycles. The summed E-state index contributed by atoms with van der Waals surface area (Å²) in [4.78, 5) is 0. The molecule has 0 spiro atoms. The van der Waals surface area contributed by atoms with Crippen LogP contribution in [0.1, 0.15) is 5.76 Å². The van der Waals surface area contributed by atoms with E-state index in [0.717, 1.165) is 12.1 Å². The van der Waals surface area contributed by atoms with Crippen molar-refractivity contribution in [1.29, 1.82) is 0 Å². The number of hydrogen-bond acceptors (Lipinski definition) is 5. The monoisotopic (exact) mass is 221 g/mol. The van der Waals surface area contributed by atoms with Gasteiger partial charge < -0.3 is 25.1 Å². The molecular formula is C11H11NO4. The van der Waals surface area contributed by atoms with Gasteiger partial charge in [-0.05, 0) is 12.1 Å². The van der Waals surface area contributed by atoms with Crippen LogP contribution in [0.2, 0.25) is 0 Å². The number of anilines is 1. The molecule has 84 valence electrons. The second-order valence-corrected chi connectivity index (χ2v) is 3.29. The van der Waals surface area contributed by atoms with E-state index in [9.17, 15) is 10.2 Å². The molecule has 1 aromatic carbocycles. The zero-order chi connectivity index (χ0) is 11.5. The summed E-state index contributed by atoms with van der Waals surface area (Å²) in [6, 6.07) is 5.80. The minimum atomic E-state index is -0.218. The van der Waals surface area contributed by atoms with E-state index in [2.05, 4.69) is 5.32 Å². The number of nitrogens with one attached hydrogen (secondary N) is 1. The van der Waals surface area contributed by atoms with Gasteiger partial charge >= 0.3 is 0 Å². The molecule has 2 aromatic rings. The van der Waals surface area contributed by atoms with Crippen molar-refractivity contribution in [2.45, 2.75) is 6.54 Å². The minimum absolute atomic E-state index is 0.161. The smallest absolute Gasteiger partial charge is 0.146 e. The summed E-state index contributed by atoms with van der Waals surface area (Å²) in [6.07, 6.45) is 1.54. The molecule has 1 aromatic heterocycles. The van der Waals surface area contributed by atoms with Crippen molar-refractivity contribution < 1.29 is 19.7 Å². The molecule has 2 rings (SSSR count). The Hall–Kier alpha value is -2.30. The molecule has 0 fully saturated rings. The van der Waals surface area contributed by atoms with E-state index < -0.39 is 0 Å².